The van der Waals surface area contributed by atoms with Crippen molar-refractivity contribution in [3.63, 3.8) is 0 Å². The Balaban J connectivity index is 0.00000243. The molecule has 6 heteroatoms. The first-order chi connectivity index (χ1) is 12.1. The summed E-state index contributed by atoms with van der Waals surface area (Å²) in [5.41, 5.74) is 2.35. The molecule has 0 amide bonds. The van der Waals surface area contributed by atoms with Crippen molar-refractivity contribution in [1.82, 2.24) is 4.57 Å². The summed E-state index contributed by atoms with van der Waals surface area (Å²) in [7, 11) is 2.10. The van der Waals surface area contributed by atoms with Crippen molar-refractivity contribution in [2.45, 2.75) is 32.4 Å². The molecule has 26 heavy (non-hydrogen) atoms. The second-order valence-corrected chi connectivity index (χ2v) is 7.49. The summed E-state index contributed by atoms with van der Waals surface area (Å²) in [5, 5.41) is 10.5. The van der Waals surface area contributed by atoms with E-state index in [1.807, 2.05) is 30.3 Å². The van der Waals surface area contributed by atoms with Crippen molar-refractivity contribution in [2.24, 2.45) is 7.05 Å². The number of aryl methyl sites for hydroxylation is 1. The molecule has 0 fully saturated rings. The Morgan fingerprint density at radius 1 is 1.15 bits per heavy atom. The van der Waals surface area contributed by atoms with Gasteiger partial charge in [-0.15, -0.1) is 0 Å². The standard InChI is InChI=1S/C20H24IN2O2.HI/c1-3-6-20-22(2)18-7-4-5-8-19(18)23(20)13-16(24)14-25-17-11-9-15(21)10-12-17;/h4-5,7-12,16,24H,3,6,13-14H2,1-2H3;1H/q+1;/p-1. The van der Waals surface area contributed by atoms with Gasteiger partial charge in [0.1, 0.15) is 25.0 Å². The summed E-state index contributed by atoms with van der Waals surface area (Å²) >= 11 is 2.26. The fraction of sp³-hybridized carbons (Fsp3) is 0.350. The number of nitrogens with zero attached hydrogens (tertiary/aromatic N) is 2. The van der Waals surface area contributed by atoms with Gasteiger partial charge in [0.15, 0.2) is 11.0 Å². The Bertz CT molecular complexity index is 847. The minimum Gasteiger partial charge on any atom is -1.00 e. The highest BCUT2D eigenvalue weighted by atomic mass is 127. The maximum Gasteiger partial charge on any atom is 0.257 e. The lowest BCUT2D eigenvalue weighted by molar-refractivity contribution is -0.654. The molecule has 1 unspecified atom stereocenters. The van der Waals surface area contributed by atoms with E-state index in [9.17, 15) is 5.11 Å². The fourth-order valence-corrected chi connectivity index (χ4v) is 3.51. The van der Waals surface area contributed by atoms with E-state index in [0.29, 0.717) is 6.54 Å². The summed E-state index contributed by atoms with van der Waals surface area (Å²) in [6, 6.07) is 16.2. The Hall–Kier alpha value is -0.870. The van der Waals surface area contributed by atoms with Crippen LogP contribution in [0.5, 0.6) is 5.75 Å². The third-order valence-electron chi connectivity index (χ3n) is 4.36. The second-order valence-electron chi connectivity index (χ2n) is 6.24. The van der Waals surface area contributed by atoms with Crippen LogP contribution < -0.4 is 33.3 Å². The summed E-state index contributed by atoms with van der Waals surface area (Å²) in [6.45, 7) is 2.99. The molecule has 0 spiro atoms. The molecule has 0 aliphatic rings. The number of ether oxygens (including phenoxy) is 1. The molecule has 0 aliphatic carbocycles. The van der Waals surface area contributed by atoms with Gasteiger partial charge in [0.25, 0.3) is 5.82 Å². The monoisotopic (exact) mass is 578 g/mol. The van der Waals surface area contributed by atoms with E-state index in [1.54, 1.807) is 0 Å². The molecule has 140 valence electrons. The Morgan fingerprint density at radius 2 is 1.85 bits per heavy atom. The molecule has 1 atom stereocenters. The number of hydrogen-bond acceptors (Lipinski definition) is 2. The van der Waals surface area contributed by atoms with Gasteiger partial charge in [0.05, 0.1) is 7.05 Å². The van der Waals surface area contributed by atoms with E-state index in [0.717, 1.165) is 24.1 Å². The highest BCUT2D eigenvalue weighted by molar-refractivity contribution is 14.1. The summed E-state index contributed by atoms with van der Waals surface area (Å²) in [6.07, 6.45) is 1.49. The van der Waals surface area contributed by atoms with Crippen molar-refractivity contribution in [2.75, 3.05) is 6.61 Å². The lowest BCUT2D eigenvalue weighted by atomic mass is 10.3. The maximum absolute atomic E-state index is 10.5. The fourth-order valence-electron chi connectivity index (χ4n) is 3.15. The van der Waals surface area contributed by atoms with Crippen LogP contribution in [0.1, 0.15) is 19.2 Å². The van der Waals surface area contributed by atoms with E-state index < -0.39 is 6.10 Å². The van der Waals surface area contributed by atoms with Gasteiger partial charge in [0.2, 0.25) is 0 Å². The van der Waals surface area contributed by atoms with Crippen LogP contribution >= 0.6 is 22.6 Å². The molecule has 3 aromatic rings. The minimum atomic E-state index is -0.564. The third-order valence-corrected chi connectivity index (χ3v) is 5.07. The molecule has 4 nitrogen and oxygen atoms in total. The Labute approximate surface area is 185 Å². The first-order valence-electron chi connectivity index (χ1n) is 8.62. The van der Waals surface area contributed by atoms with Gasteiger partial charge in [-0.1, -0.05) is 19.1 Å². The normalized spacial score (nSPS) is 12.0. The summed E-state index contributed by atoms with van der Waals surface area (Å²) in [5.74, 6) is 2.02. The number of rotatable bonds is 7. The zero-order valence-corrected chi connectivity index (χ0v) is 19.3. The van der Waals surface area contributed by atoms with Gasteiger partial charge >= 0.3 is 0 Å². The highest BCUT2D eigenvalue weighted by Gasteiger charge is 2.23. The van der Waals surface area contributed by atoms with Crippen molar-refractivity contribution in [3.8, 4) is 5.75 Å². The van der Waals surface area contributed by atoms with E-state index in [4.69, 9.17) is 4.74 Å². The second kappa shape index (κ2) is 9.89. The molecule has 0 radical (unpaired) electrons. The van der Waals surface area contributed by atoms with Crippen molar-refractivity contribution >= 4 is 33.6 Å². The summed E-state index contributed by atoms with van der Waals surface area (Å²) in [4.78, 5) is 0. The highest BCUT2D eigenvalue weighted by Crippen LogP contribution is 2.17. The van der Waals surface area contributed by atoms with Crippen LogP contribution in [0.2, 0.25) is 0 Å². The number of benzene rings is 2. The lowest BCUT2D eigenvalue weighted by Gasteiger charge is -2.12. The lowest BCUT2D eigenvalue weighted by Crippen LogP contribution is -3.00. The number of para-hydroxylation sites is 2. The van der Waals surface area contributed by atoms with Crippen LogP contribution in [0, 0.1) is 3.57 Å². The van der Waals surface area contributed by atoms with Gasteiger partial charge in [0, 0.05) is 9.99 Å². The first-order valence-corrected chi connectivity index (χ1v) is 9.70. The van der Waals surface area contributed by atoms with E-state index in [-0.39, 0.29) is 30.6 Å². The number of hydrogen-bond donors (Lipinski definition) is 1. The van der Waals surface area contributed by atoms with Gasteiger partial charge in [-0.05, 0) is 65.4 Å². The summed E-state index contributed by atoms with van der Waals surface area (Å²) < 4.78 is 11.4. The van der Waals surface area contributed by atoms with Crippen LogP contribution in [0.15, 0.2) is 48.5 Å². The zero-order chi connectivity index (χ0) is 17.8. The van der Waals surface area contributed by atoms with Crippen LogP contribution in [0.4, 0.5) is 0 Å². The number of halogens is 2. The molecule has 1 aromatic heterocycles. The molecule has 0 saturated heterocycles. The SMILES string of the molecule is CCCc1n(CC(O)COc2ccc(I)cc2)c2ccccc2[n+]1C.[I-]. The first kappa shape index (κ1) is 21.4. The van der Waals surface area contributed by atoms with E-state index in [1.165, 1.54) is 14.9 Å². The quantitative estimate of drug-likeness (QED) is 0.328. The minimum absolute atomic E-state index is 0. The average molecular weight is 578 g/mol. The number of fused-ring (bicyclic) bond motifs is 1. The van der Waals surface area contributed by atoms with Crippen LogP contribution in [-0.2, 0) is 20.0 Å². The van der Waals surface area contributed by atoms with Crippen molar-refractivity contribution < 1.29 is 38.4 Å². The molecule has 0 saturated carbocycles. The Kier molecular flexibility index (Phi) is 8.15. The number of aliphatic hydroxyl groups is 1. The van der Waals surface area contributed by atoms with Crippen molar-refractivity contribution in [3.05, 3.63) is 57.9 Å². The number of imidazole rings is 1. The molecular formula is C20H24I2N2O2. The molecule has 0 aliphatic heterocycles. The molecule has 0 bridgehead atoms. The van der Waals surface area contributed by atoms with Crippen molar-refractivity contribution in [1.29, 1.82) is 0 Å². The predicted octanol–water partition coefficient (Wildman–Crippen LogP) is 0.467. The average Bonchev–Trinajstić information content (AvgIpc) is 2.88. The molecule has 1 N–H and O–H groups in total. The van der Waals surface area contributed by atoms with Gasteiger partial charge in [-0.3, -0.25) is 0 Å². The van der Waals surface area contributed by atoms with Gasteiger partial charge in [-0.2, -0.15) is 0 Å². The topological polar surface area (TPSA) is 38.3 Å². The molecular weight excluding hydrogens is 554 g/mol. The van der Waals surface area contributed by atoms with Gasteiger partial charge < -0.3 is 33.8 Å². The van der Waals surface area contributed by atoms with Crippen LogP contribution in [0.3, 0.4) is 0 Å². The van der Waals surface area contributed by atoms with Crippen LogP contribution in [0.25, 0.3) is 11.0 Å². The smallest absolute Gasteiger partial charge is 0.257 e. The molecule has 3 rings (SSSR count). The maximum atomic E-state index is 10.5. The number of aliphatic hydroxyl groups excluding tert-OH is 1. The predicted molar refractivity (Wildman–Crippen MR) is 108 cm³/mol. The largest absolute Gasteiger partial charge is 1.00 e. The molecule has 1 heterocycles. The number of aromatic nitrogens is 2. The van der Waals surface area contributed by atoms with Gasteiger partial charge in [-0.25, -0.2) is 9.13 Å². The zero-order valence-electron chi connectivity index (χ0n) is 15.0. The van der Waals surface area contributed by atoms with Crippen LogP contribution in [-0.4, -0.2) is 22.4 Å². The molecule has 2 aromatic carbocycles. The van der Waals surface area contributed by atoms with E-state index >= 15 is 0 Å². The third kappa shape index (κ3) is 4.89. The Morgan fingerprint density at radius 3 is 2.54 bits per heavy atom. The van der Waals surface area contributed by atoms with E-state index in [2.05, 4.69) is 63.9 Å².